The van der Waals surface area contributed by atoms with Crippen LogP contribution < -0.4 is 0 Å². The monoisotopic (exact) mass is 254 g/mol. The summed E-state index contributed by atoms with van der Waals surface area (Å²) < 4.78 is 0. The van der Waals surface area contributed by atoms with Gasteiger partial charge in [0.05, 0.1) is 5.92 Å². The number of aliphatic carboxylic acids is 1. The van der Waals surface area contributed by atoms with E-state index in [-0.39, 0.29) is 5.92 Å². The fourth-order valence-electron chi connectivity index (χ4n) is 2.18. The zero-order chi connectivity index (χ0) is 12.3. The molecule has 0 aliphatic carbocycles. The summed E-state index contributed by atoms with van der Waals surface area (Å²) in [6.45, 7) is 2.20. The fraction of sp³-hybridized carbons (Fsp3) is 0.500. The molecule has 5 heteroatoms. The van der Waals surface area contributed by atoms with Gasteiger partial charge < -0.3 is 5.11 Å². The molecule has 0 amide bonds. The maximum absolute atomic E-state index is 11.0. The van der Waals surface area contributed by atoms with Crippen LogP contribution in [0.5, 0.6) is 0 Å². The number of pyridine rings is 1. The van der Waals surface area contributed by atoms with Crippen molar-refractivity contribution in [2.24, 2.45) is 5.92 Å². The minimum atomic E-state index is -0.702. The van der Waals surface area contributed by atoms with Crippen molar-refractivity contribution >= 4 is 17.6 Å². The van der Waals surface area contributed by atoms with Crippen LogP contribution in [0.2, 0.25) is 5.15 Å². The highest BCUT2D eigenvalue weighted by Gasteiger charge is 2.25. The van der Waals surface area contributed by atoms with Crippen LogP contribution in [-0.2, 0) is 11.3 Å². The maximum Gasteiger partial charge on any atom is 0.307 e. The Labute approximate surface area is 105 Å². The summed E-state index contributed by atoms with van der Waals surface area (Å²) in [5.41, 5.74) is 0.959. The Kier molecular flexibility index (Phi) is 3.97. The van der Waals surface area contributed by atoms with Gasteiger partial charge in [0.25, 0.3) is 0 Å². The minimum absolute atomic E-state index is 0.251. The number of carboxylic acids is 1. The van der Waals surface area contributed by atoms with Crippen LogP contribution in [0.15, 0.2) is 18.3 Å². The number of hydrogen-bond acceptors (Lipinski definition) is 3. The molecule has 17 heavy (non-hydrogen) atoms. The van der Waals surface area contributed by atoms with Crippen LogP contribution in [0.25, 0.3) is 0 Å². The molecule has 1 N–H and O–H groups in total. The SMILES string of the molecule is O=C(O)[C@@H]1CCCN(Cc2cccnc2Cl)C1. The highest BCUT2D eigenvalue weighted by Crippen LogP contribution is 2.20. The number of carbonyl (C=O) groups is 1. The number of nitrogens with zero attached hydrogens (tertiary/aromatic N) is 2. The summed E-state index contributed by atoms with van der Waals surface area (Å²) >= 11 is 5.99. The molecule has 0 saturated carbocycles. The third-order valence-electron chi connectivity index (χ3n) is 3.09. The number of piperidine rings is 1. The van der Waals surface area contributed by atoms with Crippen LogP contribution in [0.3, 0.4) is 0 Å². The van der Waals surface area contributed by atoms with E-state index in [1.165, 1.54) is 0 Å². The Morgan fingerprint density at radius 1 is 1.65 bits per heavy atom. The molecule has 0 aromatic carbocycles. The summed E-state index contributed by atoms with van der Waals surface area (Å²) in [4.78, 5) is 17.1. The zero-order valence-corrected chi connectivity index (χ0v) is 10.2. The number of likely N-dealkylation sites (tertiary alicyclic amines) is 1. The van der Waals surface area contributed by atoms with Crippen molar-refractivity contribution in [1.82, 2.24) is 9.88 Å². The van der Waals surface area contributed by atoms with E-state index >= 15 is 0 Å². The molecule has 1 aromatic rings. The average Bonchev–Trinajstić information content (AvgIpc) is 2.32. The topological polar surface area (TPSA) is 53.4 Å². The molecule has 0 bridgehead atoms. The number of carboxylic acid groups (broad SMARTS) is 1. The summed E-state index contributed by atoms with van der Waals surface area (Å²) in [6.07, 6.45) is 3.35. The van der Waals surface area contributed by atoms with Gasteiger partial charge in [-0.1, -0.05) is 17.7 Å². The fourth-order valence-corrected chi connectivity index (χ4v) is 2.36. The Morgan fingerprint density at radius 2 is 2.47 bits per heavy atom. The van der Waals surface area contributed by atoms with E-state index in [4.69, 9.17) is 16.7 Å². The Balaban J connectivity index is 1.99. The van der Waals surface area contributed by atoms with Gasteiger partial charge in [0.15, 0.2) is 0 Å². The first-order valence-corrected chi connectivity index (χ1v) is 6.09. The van der Waals surface area contributed by atoms with Crippen LogP contribution in [0, 0.1) is 5.92 Å². The van der Waals surface area contributed by atoms with Gasteiger partial charge in [-0.25, -0.2) is 4.98 Å². The van der Waals surface area contributed by atoms with E-state index in [1.807, 2.05) is 12.1 Å². The summed E-state index contributed by atoms with van der Waals surface area (Å²) in [7, 11) is 0. The molecule has 1 saturated heterocycles. The summed E-state index contributed by atoms with van der Waals surface area (Å²) in [5, 5.41) is 9.52. The van der Waals surface area contributed by atoms with Gasteiger partial charge in [0, 0.05) is 24.8 Å². The first-order valence-electron chi connectivity index (χ1n) is 5.71. The molecule has 2 heterocycles. The number of aromatic nitrogens is 1. The van der Waals surface area contributed by atoms with Gasteiger partial charge in [0.1, 0.15) is 5.15 Å². The van der Waals surface area contributed by atoms with Crippen molar-refractivity contribution in [3.05, 3.63) is 29.0 Å². The highest BCUT2D eigenvalue weighted by atomic mass is 35.5. The lowest BCUT2D eigenvalue weighted by Gasteiger charge is -2.30. The lowest BCUT2D eigenvalue weighted by Crippen LogP contribution is -2.38. The smallest absolute Gasteiger partial charge is 0.307 e. The second-order valence-electron chi connectivity index (χ2n) is 4.37. The van der Waals surface area contributed by atoms with Crippen molar-refractivity contribution < 1.29 is 9.90 Å². The number of hydrogen-bond donors (Lipinski definition) is 1. The predicted octanol–water partition coefficient (Wildman–Crippen LogP) is 2.03. The summed E-state index contributed by atoms with van der Waals surface area (Å²) in [6, 6.07) is 3.78. The third kappa shape index (κ3) is 3.17. The van der Waals surface area contributed by atoms with Crippen LogP contribution in [-0.4, -0.2) is 34.0 Å². The van der Waals surface area contributed by atoms with E-state index in [0.29, 0.717) is 18.2 Å². The van der Waals surface area contributed by atoms with E-state index in [0.717, 1.165) is 24.9 Å². The lowest BCUT2D eigenvalue weighted by atomic mass is 9.98. The van der Waals surface area contributed by atoms with Crippen molar-refractivity contribution in [3.8, 4) is 0 Å². The second-order valence-corrected chi connectivity index (χ2v) is 4.72. The third-order valence-corrected chi connectivity index (χ3v) is 3.43. The molecular weight excluding hydrogens is 240 g/mol. The van der Waals surface area contributed by atoms with E-state index in [1.54, 1.807) is 6.20 Å². The molecule has 92 valence electrons. The largest absolute Gasteiger partial charge is 0.481 e. The van der Waals surface area contributed by atoms with Crippen molar-refractivity contribution in [2.75, 3.05) is 13.1 Å². The molecule has 1 fully saturated rings. The molecule has 0 spiro atoms. The normalized spacial score (nSPS) is 21.4. The first-order chi connectivity index (χ1) is 8.16. The van der Waals surface area contributed by atoms with Crippen molar-refractivity contribution in [1.29, 1.82) is 0 Å². The summed E-state index contributed by atoms with van der Waals surface area (Å²) in [5.74, 6) is -0.953. The molecule has 1 atom stereocenters. The molecule has 2 rings (SSSR count). The van der Waals surface area contributed by atoms with E-state index < -0.39 is 5.97 Å². The minimum Gasteiger partial charge on any atom is -0.481 e. The molecule has 4 nitrogen and oxygen atoms in total. The Bertz CT molecular complexity index is 411. The highest BCUT2D eigenvalue weighted by molar-refractivity contribution is 6.30. The first kappa shape index (κ1) is 12.3. The van der Waals surface area contributed by atoms with Gasteiger partial charge in [-0.2, -0.15) is 0 Å². The number of rotatable bonds is 3. The molecule has 1 aromatic heterocycles. The molecule has 0 unspecified atom stereocenters. The lowest BCUT2D eigenvalue weighted by molar-refractivity contribution is -0.143. The zero-order valence-electron chi connectivity index (χ0n) is 9.47. The second kappa shape index (κ2) is 5.47. The molecular formula is C12H15ClN2O2. The van der Waals surface area contributed by atoms with Gasteiger partial charge in [-0.05, 0) is 25.5 Å². The predicted molar refractivity (Wildman–Crippen MR) is 64.9 cm³/mol. The van der Waals surface area contributed by atoms with Gasteiger partial charge in [-0.15, -0.1) is 0 Å². The number of halogens is 1. The van der Waals surface area contributed by atoms with Gasteiger partial charge >= 0.3 is 5.97 Å². The Morgan fingerprint density at radius 3 is 3.18 bits per heavy atom. The quantitative estimate of drug-likeness (QED) is 0.839. The van der Waals surface area contributed by atoms with Crippen molar-refractivity contribution in [2.45, 2.75) is 19.4 Å². The van der Waals surface area contributed by atoms with Gasteiger partial charge in [0.2, 0.25) is 0 Å². The Hall–Kier alpha value is -1.13. The van der Waals surface area contributed by atoms with Crippen LogP contribution >= 0.6 is 11.6 Å². The molecule has 1 aliphatic rings. The van der Waals surface area contributed by atoms with E-state index in [9.17, 15) is 4.79 Å². The van der Waals surface area contributed by atoms with Gasteiger partial charge in [-0.3, -0.25) is 9.69 Å². The maximum atomic E-state index is 11.0. The van der Waals surface area contributed by atoms with Crippen LogP contribution in [0.1, 0.15) is 18.4 Å². The average molecular weight is 255 g/mol. The molecule has 0 radical (unpaired) electrons. The van der Waals surface area contributed by atoms with E-state index in [2.05, 4.69) is 9.88 Å². The van der Waals surface area contributed by atoms with Crippen LogP contribution in [0.4, 0.5) is 0 Å². The molecule has 1 aliphatic heterocycles. The van der Waals surface area contributed by atoms with Crippen molar-refractivity contribution in [3.63, 3.8) is 0 Å². The standard InChI is InChI=1S/C12H15ClN2O2/c13-11-9(3-1-5-14-11)7-15-6-2-4-10(8-15)12(16)17/h1,3,5,10H,2,4,6-8H2,(H,16,17)/t10-/m1/s1.